The number of epoxide rings is 1. The van der Waals surface area contributed by atoms with Crippen LogP contribution in [0.5, 0.6) is 0 Å². The summed E-state index contributed by atoms with van der Waals surface area (Å²) in [5.74, 6) is -0.305. The smallest absolute Gasteiger partial charge is 0.330 e. The zero-order valence-electron chi connectivity index (χ0n) is 12.3. The van der Waals surface area contributed by atoms with Crippen molar-refractivity contribution in [3.63, 3.8) is 0 Å². The van der Waals surface area contributed by atoms with E-state index in [2.05, 4.69) is 26.8 Å². The molecule has 0 amide bonds. The Bertz CT molecular complexity index is 389. The first-order valence-electron chi connectivity index (χ1n) is 6.81. The molecule has 1 atom stereocenters. The number of carbonyl (C=O) groups is 1. The molecule has 0 saturated carbocycles. The van der Waals surface area contributed by atoms with E-state index in [1.54, 1.807) is 13.0 Å². The molecule has 19 heavy (non-hydrogen) atoms. The van der Waals surface area contributed by atoms with Crippen molar-refractivity contribution in [3.05, 3.63) is 36.0 Å². The predicted molar refractivity (Wildman–Crippen MR) is 76.9 cm³/mol. The monoisotopic (exact) mass is 264 g/mol. The molecule has 3 heteroatoms. The van der Waals surface area contributed by atoms with E-state index in [1.165, 1.54) is 11.6 Å². The second-order valence-corrected chi connectivity index (χ2v) is 5.26. The first-order chi connectivity index (χ1) is 8.95. The lowest BCUT2D eigenvalue weighted by Gasteiger charge is -1.98. The minimum atomic E-state index is -0.305. The highest BCUT2D eigenvalue weighted by Gasteiger charge is 2.46. The summed E-state index contributed by atoms with van der Waals surface area (Å²) in [5, 5.41) is 0. The third-order valence-electron chi connectivity index (χ3n) is 3.09. The van der Waals surface area contributed by atoms with Crippen LogP contribution in [0, 0.1) is 0 Å². The van der Waals surface area contributed by atoms with Crippen LogP contribution in [0.25, 0.3) is 0 Å². The van der Waals surface area contributed by atoms with Crippen molar-refractivity contribution >= 4 is 5.97 Å². The van der Waals surface area contributed by atoms with Crippen LogP contribution in [0.3, 0.4) is 0 Å². The number of hydrogen-bond donors (Lipinski definition) is 0. The SMILES string of the molecule is CCOC(=O)C=CC=CC=C(C)CCC1OC1(C)C. The third kappa shape index (κ3) is 6.39. The Morgan fingerprint density at radius 1 is 1.32 bits per heavy atom. The molecule has 1 fully saturated rings. The van der Waals surface area contributed by atoms with Gasteiger partial charge in [0.15, 0.2) is 0 Å². The number of allylic oxidation sites excluding steroid dienone is 5. The maximum absolute atomic E-state index is 11.0. The molecule has 1 unspecified atom stereocenters. The van der Waals surface area contributed by atoms with E-state index < -0.39 is 0 Å². The quantitative estimate of drug-likeness (QED) is 0.305. The third-order valence-corrected chi connectivity index (χ3v) is 3.09. The highest BCUT2D eigenvalue weighted by Crippen LogP contribution is 2.38. The van der Waals surface area contributed by atoms with Crippen molar-refractivity contribution in [3.8, 4) is 0 Å². The van der Waals surface area contributed by atoms with Gasteiger partial charge in [0.05, 0.1) is 18.3 Å². The van der Waals surface area contributed by atoms with Gasteiger partial charge in [-0.3, -0.25) is 0 Å². The van der Waals surface area contributed by atoms with Gasteiger partial charge in [-0.05, 0) is 40.5 Å². The first kappa shape index (κ1) is 15.7. The van der Waals surface area contributed by atoms with Crippen molar-refractivity contribution in [2.75, 3.05) is 6.61 Å². The fraction of sp³-hybridized carbons (Fsp3) is 0.562. The minimum absolute atomic E-state index is 0.0818. The van der Waals surface area contributed by atoms with E-state index in [1.807, 2.05) is 12.2 Å². The Hall–Kier alpha value is -1.35. The van der Waals surface area contributed by atoms with Crippen molar-refractivity contribution in [1.82, 2.24) is 0 Å². The molecular weight excluding hydrogens is 240 g/mol. The lowest BCUT2D eigenvalue weighted by molar-refractivity contribution is -0.137. The zero-order valence-corrected chi connectivity index (χ0v) is 12.3. The van der Waals surface area contributed by atoms with Gasteiger partial charge in [-0.2, -0.15) is 0 Å². The van der Waals surface area contributed by atoms with Crippen LogP contribution in [0.2, 0.25) is 0 Å². The fourth-order valence-corrected chi connectivity index (χ4v) is 1.79. The van der Waals surface area contributed by atoms with E-state index in [-0.39, 0.29) is 11.6 Å². The Morgan fingerprint density at radius 2 is 2.00 bits per heavy atom. The normalized spacial score (nSPS) is 22.1. The summed E-state index contributed by atoms with van der Waals surface area (Å²) in [6.45, 7) is 8.55. The summed E-state index contributed by atoms with van der Waals surface area (Å²) in [4.78, 5) is 11.0. The second-order valence-electron chi connectivity index (χ2n) is 5.26. The number of hydrogen-bond acceptors (Lipinski definition) is 3. The van der Waals surface area contributed by atoms with Crippen LogP contribution in [0.4, 0.5) is 0 Å². The van der Waals surface area contributed by atoms with E-state index >= 15 is 0 Å². The Labute approximate surface area is 116 Å². The van der Waals surface area contributed by atoms with Crippen LogP contribution in [-0.4, -0.2) is 24.3 Å². The first-order valence-corrected chi connectivity index (χ1v) is 6.81. The van der Waals surface area contributed by atoms with Crippen molar-refractivity contribution in [1.29, 1.82) is 0 Å². The summed E-state index contributed by atoms with van der Waals surface area (Å²) < 4.78 is 10.3. The standard InChI is InChI=1S/C16H24O3/c1-5-18-15(17)10-8-6-7-9-13(2)11-12-14-16(3,4)19-14/h6-10,14H,5,11-12H2,1-4H3. The van der Waals surface area contributed by atoms with Crippen LogP contribution >= 0.6 is 0 Å². The maximum atomic E-state index is 11.0. The van der Waals surface area contributed by atoms with Gasteiger partial charge in [0.1, 0.15) is 0 Å². The van der Waals surface area contributed by atoms with Gasteiger partial charge in [0, 0.05) is 6.08 Å². The number of esters is 1. The number of rotatable bonds is 7. The molecule has 106 valence electrons. The molecule has 0 aliphatic carbocycles. The van der Waals surface area contributed by atoms with Gasteiger partial charge in [-0.15, -0.1) is 0 Å². The highest BCUT2D eigenvalue weighted by molar-refractivity contribution is 5.82. The molecule has 0 spiro atoms. The van der Waals surface area contributed by atoms with Gasteiger partial charge in [-0.25, -0.2) is 4.79 Å². The molecule has 0 aromatic heterocycles. The highest BCUT2D eigenvalue weighted by atomic mass is 16.6. The van der Waals surface area contributed by atoms with Gasteiger partial charge >= 0.3 is 5.97 Å². The molecule has 1 saturated heterocycles. The molecule has 0 aromatic carbocycles. The van der Waals surface area contributed by atoms with E-state index in [9.17, 15) is 4.79 Å². The fourth-order valence-electron chi connectivity index (χ4n) is 1.79. The van der Waals surface area contributed by atoms with Crippen LogP contribution < -0.4 is 0 Å². The number of ether oxygens (including phenoxy) is 2. The molecule has 1 aliphatic rings. The molecule has 0 bridgehead atoms. The zero-order chi connectivity index (χ0) is 14.3. The van der Waals surface area contributed by atoms with Crippen LogP contribution in [-0.2, 0) is 14.3 Å². The van der Waals surface area contributed by atoms with E-state index in [0.29, 0.717) is 12.7 Å². The van der Waals surface area contributed by atoms with E-state index in [0.717, 1.165) is 12.8 Å². The summed E-state index contributed by atoms with van der Waals surface area (Å²) in [6, 6.07) is 0. The maximum Gasteiger partial charge on any atom is 0.330 e. The Balaban J connectivity index is 2.21. The number of carbonyl (C=O) groups excluding carboxylic acids is 1. The topological polar surface area (TPSA) is 38.8 Å². The molecule has 1 aliphatic heterocycles. The van der Waals surface area contributed by atoms with Crippen molar-refractivity contribution < 1.29 is 14.3 Å². The molecule has 0 N–H and O–H groups in total. The van der Waals surface area contributed by atoms with Crippen LogP contribution in [0.15, 0.2) is 36.0 Å². The average molecular weight is 264 g/mol. The largest absolute Gasteiger partial charge is 0.463 e. The molecule has 1 heterocycles. The summed E-state index contributed by atoms with van der Waals surface area (Å²) in [5.41, 5.74) is 1.39. The summed E-state index contributed by atoms with van der Waals surface area (Å²) in [6.07, 6.45) is 11.5. The summed E-state index contributed by atoms with van der Waals surface area (Å²) in [7, 11) is 0. The Kier molecular flexibility index (Phi) is 6.03. The van der Waals surface area contributed by atoms with Gasteiger partial charge < -0.3 is 9.47 Å². The lowest BCUT2D eigenvalue weighted by Crippen LogP contribution is -2.02. The van der Waals surface area contributed by atoms with Crippen LogP contribution in [0.1, 0.15) is 40.5 Å². The van der Waals surface area contributed by atoms with Gasteiger partial charge in [-0.1, -0.05) is 29.9 Å². The molecule has 0 radical (unpaired) electrons. The molecule has 3 nitrogen and oxygen atoms in total. The average Bonchev–Trinajstić information content (AvgIpc) is 2.94. The van der Waals surface area contributed by atoms with E-state index in [4.69, 9.17) is 9.47 Å². The van der Waals surface area contributed by atoms with Crippen molar-refractivity contribution in [2.24, 2.45) is 0 Å². The van der Waals surface area contributed by atoms with Gasteiger partial charge in [0.2, 0.25) is 0 Å². The molecule has 0 aromatic rings. The lowest BCUT2D eigenvalue weighted by atomic mass is 10.0. The minimum Gasteiger partial charge on any atom is -0.463 e. The predicted octanol–water partition coefficient (Wildman–Crippen LogP) is 3.57. The molecule has 1 rings (SSSR count). The Morgan fingerprint density at radius 3 is 2.58 bits per heavy atom. The van der Waals surface area contributed by atoms with Gasteiger partial charge in [0.25, 0.3) is 0 Å². The van der Waals surface area contributed by atoms with Crippen molar-refractivity contribution in [2.45, 2.75) is 52.2 Å². The second kappa shape index (κ2) is 7.29. The summed E-state index contributed by atoms with van der Waals surface area (Å²) >= 11 is 0. The molecular formula is C16H24O3.